The van der Waals surface area contributed by atoms with Crippen LogP contribution in [0, 0.1) is 5.82 Å². The van der Waals surface area contributed by atoms with Crippen LogP contribution in [0.15, 0.2) is 54.9 Å². The largest absolute Gasteiger partial charge is 0.496 e. The Labute approximate surface area is 262 Å². The quantitative estimate of drug-likeness (QED) is 0.290. The molecule has 1 saturated heterocycles. The van der Waals surface area contributed by atoms with Crippen molar-refractivity contribution in [2.24, 2.45) is 0 Å². The van der Waals surface area contributed by atoms with Gasteiger partial charge in [0.2, 0.25) is 5.91 Å². The minimum atomic E-state index is -0.432. The molecule has 1 aliphatic carbocycles. The summed E-state index contributed by atoms with van der Waals surface area (Å²) in [5, 5.41) is 8.36. The van der Waals surface area contributed by atoms with Crippen LogP contribution in [0.1, 0.15) is 49.6 Å². The van der Waals surface area contributed by atoms with Crippen molar-refractivity contribution >= 4 is 28.3 Å². The van der Waals surface area contributed by atoms with Gasteiger partial charge in [-0.1, -0.05) is 29.5 Å². The van der Waals surface area contributed by atoms with Crippen LogP contribution in [0.4, 0.5) is 4.39 Å². The van der Waals surface area contributed by atoms with Gasteiger partial charge in [-0.25, -0.2) is 4.39 Å². The molecule has 1 atom stereocenters. The normalized spacial score (nSPS) is 18.6. The van der Waals surface area contributed by atoms with E-state index in [1.807, 2.05) is 41.3 Å². The van der Waals surface area contributed by atoms with Crippen LogP contribution in [0.3, 0.4) is 0 Å². The molecular formula is C34H40FN7O3. The van der Waals surface area contributed by atoms with E-state index >= 15 is 4.39 Å². The molecule has 1 saturated carbocycles. The maximum atomic E-state index is 16.6. The van der Waals surface area contributed by atoms with Crippen LogP contribution in [0.2, 0.25) is 0 Å². The molecule has 2 aromatic carbocycles. The predicted molar refractivity (Wildman–Crippen MR) is 171 cm³/mol. The Kier molecular flexibility index (Phi) is 7.87. The Morgan fingerprint density at radius 1 is 1.09 bits per heavy atom. The maximum Gasteiger partial charge on any atom is 0.270 e. The number of carbonyl (C=O) groups excluding carboxylic acids is 2. The van der Waals surface area contributed by atoms with Gasteiger partial charge in [0.05, 0.1) is 25.4 Å². The lowest BCUT2D eigenvalue weighted by Gasteiger charge is -2.28. The first kappa shape index (κ1) is 29.2. The van der Waals surface area contributed by atoms with Crippen LogP contribution >= 0.6 is 0 Å². The molecule has 10 nitrogen and oxygen atoms in total. The van der Waals surface area contributed by atoms with E-state index in [1.165, 1.54) is 12.8 Å². The number of hydrogen-bond acceptors (Lipinski definition) is 6. The third-order valence-electron chi connectivity index (χ3n) is 9.51. The van der Waals surface area contributed by atoms with Gasteiger partial charge in [0, 0.05) is 68.8 Å². The van der Waals surface area contributed by atoms with E-state index in [-0.39, 0.29) is 25.2 Å². The molecule has 236 valence electrons. The van der Waals surface area contributed by atoms with Gasteiger partial charge in [-0.2, -0.15) is 0 Å². The lowest BCUT2D eigenvalue weighted by atomic mass is 9.93. The van der Waals surface area contributed by atoms with E-state index in [4.69, 9.17) is 4.74 Å². The topological polar surface area (TPSA) is 99.6 Å². The van der Waals surface area contributed by atoms with Gasteiger partial charge in [0.15, 0.2) is 5.82 Å². The molecule has 2 amide bonds. The Bertz CT molecular complexity index is 1770. The number of fused-ring (bicyclic) bond motifs is 1. The number of amides is 2. The number of H-pyrrole nitrogens is 1. The molecule has 2 fully saturated rings. The van der Waals surface area contributed by atoms with Crippen molar-refractivity contribution in [2.75, 3.05) is 40.3 Å². The SMILES string of the molecule is COc1ccccc1-c1cc(C2=CCCN(C(=O)CCn3ccnn3)C2)c(F)c2[nH]c(C(=O)N3CCC(N(C)C4CC4)C3)cc12.[HH]. The van der Waals surface area contributed by atoms with Crippen molar-refractivity contribution in [3.8, 4) is 16.9 Å². The Hall–Kier alpha value is -4.51. The van der Waals surface area contributed by atoms with E-state index in [0.717, 1.165) is 23.1 Å². The van der Waals surface area contributed by atoms with E-state index in [1.54, 1.807) is 35.2 Å². The number of benzene rings is 2. The highest BCUT2D eigenvalue weighted by atomic mass is 19.1. The Balaban J connectivity index is 0.00000372. The van der Waals surface area contributed by atoms with Crippen molar-refractivity contribution < 1.29 is 20.1 Å². The molecule has 4 aromatic rings. The number of nitrogens with zero attached hydrogens (tertiary/aromatic N) is 6. The number of para-hydroxylation sites is 1. The summed E-state index contributed by atoms with van der Waals surface area (Å²) in [7, 11) is 3.77. The van der Waals surface area contributed by atoms with Crippen molar-refractivity contribution in [3.63, 3.8) is 0 Å². The van der Waals surface area contributed by atoms with E-state index in [9.17, 15) is 9.59 Å². The van der Waals surface area contributed by atoms with Crippen LogP contribution in [0.5, 0.6) is 5.75 Å². The van der Waals surface area contributed by atoms with E-state index < -0.39 is 5.82 Å². The number of aryl methyl sites for hydroxylation is 1. The molecule has 0 bridgehead atoms. The molecule has 3 aliphatic rings. The van der Waals surface area contributed by atoms with Crippen molar-refractivity contribution in [3.05, 3.63) is 71.9 Å². The van der Waals surface area contributed by atoms with Crippen LogP contribution < -0.4 is 4.74 Å². The molecule has 45 heavy (non-hydrogen) atoms. The Morgan fingerprint density at radius 3 is 2.71 bits per heavy atom. The number of ether oxygens (including phenoxy) is 1. The number of halogens is 1. The zero-order chi connectivity index (χ0) is 31.1. The van der Waals surface area contributed by atoms with Gasteiger partial charge in [-0.15, -0.1) is 5.10 Å². The average molecular weight is 614 g/mol. The highest BCUT2D eigenvalue weighted by Crippen LogP contribution is 2.40. The number of methoxy groups -OCH3 is 1. The highest BCUT2D eigenvalue weighted by Gasteiger charge is 2.36. The van der Waals surface area contributed by atoms with Gasteiger partial charge in [-0.05, 0) is 62.1 Å². The Morgan fingerprint density at radius 2 is 1.93 bits per heavy atom. The molecule has 2 aliphatic heterocycles. The minimum absolute atomic E-state index is 0. The third kappa shape index (κ3) is 5.72. The molecule has 2 aromatic heterocycles. The lowest BCUT2D eigenvalue weighted by Crippen LogP contribution is -2.37. The number of hydrogen-bond donors (Lipinski definition) is 1. The van der Waals surface area contributed by atoms with Crippen LogP contribution in [0.25, 0.3) is 27.6 Å². The number of carbonyl (C=O) groups is 2. The molecule has 1 N–H and O–H groups in total. The molecule has 1 unspecified atom stereocenters. The summed E-state index contributed by atoms with van der Waals surface area (Å²) < 4.78 is 23.9. The molecule has 11 heteroatoms. The highest BCUT2D eigenvalue weighted by molar-refractivity contribution is 6.05. The number of aromatic amines is 1. The second-order valence-electron chi connectivity index (χ2n) is 12.3. The van der Waals surface area contributed by atoms with Crippen molar-refractivity contribution in [2.45, 2.75) is 50.7 Å². The van der Waals surface area contributed by atoms with Crippen LogP contribution in [-0.4, -0.2) is 98.9 Å². The average Bonchev–Trinajstić information content (AvgIpc) is 3.42. The number of nitrogens with one attached hydrogen (secondary N) is 1. The molecule has 4 heterocycles. The van der Waals surface area contributed by atoms with Gasteiger partial charge >= 0.3 is 0 Å². The molecular weight excluding hydrogens is 573 g/mol. The first-order chi connectivity index (χ1) is 21.9. The second-order valence-corrected chi connectivity index (χ2v) is 12.3. The fraction of sp³-hybridized carbons (Fsp3) is 0.412. The van der Waals surface area contributed by atoms with Gasteiger partial charge in [-0.3, -0.25) is 19.2 Å². The standard InChI is InChI=1S/C34H38FN7O3.H2/c1-39(23-9-10-23)24-11-15-41(21-24)34(44)29-19-28-27(25-7-3-4-8-30(25)45-2)18-26(32(35)33(28)37-29)22-6-5-14-40(20-22)31(43)12-16-42-17-13-36-38-42;/h3-4,6-8,13,17-19,23-24,37H,5,9-12,14-16,20-21H2,1-2H3;1H. The lowest BCUT2D eigenvalue weighted by molar-refractivity contribution is -0.131. The minimum Gasteiger partial charge on any atom is -0.496 e. The first-order valence-electron chi connectivity index (χ1n) is 15.7. The van der Waals surface area contributed by atoms with Crippen LogP contribution in [-0.2, 0) is 11.3 Å². The fourth-order valence-electron chi connectivity index (χ4n) is 6.78. The molecule has 0 spiro atoms. The summed E-state index contributed by atoms with van der Waals surface area (Å²) in [5.41, 5.74) is 3.35. The number of likely N-dealkylation sites (tertiary alicyclic amines) is 1. The summed E-state index contributed by atoms with van der Waals surface area (Å²) in [6.45, 7) is 2.64. The summed E-state index contributed by atoms with van der Waals surface area (Å²) >= 11 is 0. The van der Waals surface area contributed by atoms with Crippen molar-refractivity contribution in [1.29, 1.82) is 0 Å². The first-order valence-corrected chi connectivity index (χ1v) is 15.7. The summed E-state index contributed by atoms with van der Waals surface area (Å²) in [6.07, 6.45) is 9.59. The smallest absolute Gasteiger partial charge is 0.270 e. The van der Waals surface area contributed by atoms with Crippen molar-refractivity contribution in [1.82, 2.24) is 34.7 Å². The zero-order valence-corrected chi connectivity index (χ0v) is 25.7. The van der Waals surface area contributed by atoms with Gasteiger partial charge in [0.1, 0.15) is 11.4 Å². The second kappa shape index (κ2) is 12.1. The summed E-state index contributed by atoms with van der Waals surface area (Å²) in [4.78, 5) is 36.1. The summed E-state index contributed by atoms with van der Waals surface area (Å²) in [5.74, 6) is 0.0782. The van der Waals surface area contributed by atoms with E-state index in [2.05, 4.69) is 27.2 Å². The zero-order valence-electron chi connectivity index (χ0n) is 25.7. The molecule has 0 radical (unpaired) electrons. The van der Waals surface area contributed by atoms with Gasteiger partial charge in [0.25, 0.3) is 5.91 Å². The number of aromatic nitrogens is 4. The predicted octanol–water partition coefficient (Wildman–Crippen LogP) is 4.83. The van der Waals surface area contributed by atoms with E-state index in [0.29, 0.717) is 73.6 Å². The number of rotatable bonds is 9. The fourth-order valence-corrected chi connectivity index (χ4v) is 6.78. The number of likely N-dealkylation sites (N-methyl/N-ethyl adjacent to an activating group) is 1. The molecule has 7 rings (SSSR count). The van der Waals surface area contributed by atoms with Gasteiger partial charge < -0.3 is 19.5 Å². The monoisotopic (exact) mass is 613 g/mol. The third-order valence-corrected chi connectivity index (χ3v) is 9.51. The maximum absolute atomic E-state index is 16.6. The summed E-state index contributed by atoms with van der Waals surface area (Å²) in [6, 6.07) is 12.2.